The number of carbonyl (C=O) groups is 1. The van der Waals surface area contributed by atoms with E-state index < -0.39 is 0 Å². The lowest BCUT2D eigenvalue weighted by molar-refractivity contribution is -0.169. The van der Waals surface area contributed by atoms with Crippen LogP contribution >= 0.6 is 0 Å². The Morgan fingerprint density at radius 3 is 2.90 bits per heavy atom. The van der Waals surface area contributed by atoms with Crippen LogP contribution in [0.1, 0.15) is 43.0 Å². The van der Waals surface area contributed by atoms with Gasteiger partial charge in [0, 0.05) is 29.3 Å². The highest BCUT2D eigenvalue weighted by atomic mass is 16.5. The summed E-state index contributed by atoms with van der Waals surface area (Å²) in [6, 6.07) is 7.38. The molecule has 2 saturated carbocycles. The topological polar surface area (TPSA) is 64.3 Å². The monoisotopic (exact) mass is 274 g/mol. The lowest BCUT2D eigenvalue weighted by atomic mass is 9.51. The molecule has 4 nitrogen and oxygen atoms in total. The molecular weight excluding hydrogens is 252 g/mol. The summed E-state index contributed by atoms with van der Waals surface area (Å²) in [5.41, 5.74) is 7.19. The first kappa shape index (κ1) is 13.4. The average Bonchev–Trinajstić information content (AvgIpc) is 2.35. The van der Waals surface area contributed by atoms with Crippen LogP contribution in [0.2, 0.25) is 0 Å². The summed E-state index contributed by atoms with van der Waals surface area (Å²) in [5.74, 6) is -0.0245. The van der Waals surface area contributed by atoms with Crippen molar-refractivity contribution in [1.29, 1.82) is 0 Å². The number of nitrogens with two attached hydrogens (primary N) is 1. The second kappa shape index (κ2) is 5.09. The van der Waals surface area contributed by atoms with E-state index in [-0.39, 0.29) is 17.4 Å². The quantitative estimate of drug-likeness (QED) is 0.828. The zero-order chi connectivity index (χ0) is 14.2. The Morgan fingerprint density at radius 2 is 2.30 bits per heavy atom. The van der Waals surface area contributed by atoms with Gasteiger partial charge in [0.15, 0.2) is 0 Å². The third-order valence-electron chi connectivity index (χ3n) is 4.89. The molecule has 0 bridgehead atoms. The summed E-state index contributed by atoms with van der Waals surface area (Å²) in [6.07, 6.45) is 4.84. The maximum atomic E-state index is 12.3. The molecule has 1 amide bonds. The fourth-order valence-electron chi connectivity index (χ4n) is 3.56. The summed E-state index contributed by atoms with van der Waals surface area (Å²) in [7, 11) is 0. The van der Waals surface area contributed by atoms with E-state index >= 15 is 0 Å². The highest BCUT2D eigenvalue weighted by Crippen LogP contribution is 2.57. The highest BCUT2D eigenvalue weighted by Gasteiger charge is 2.59. The number of ether oxygens (including phenoxy) is 1. The maximum absolute atomic E-state index is 12.3. The largest absolute Gasteiger partial charge is 0.399 e. The summed E-state index contributed by atoms with van der Waals surface area (Å²) in [4.78, 5) is 12.3. The van der Waals surface area contributed by atoms with Crippen LogP contribution in [0, 0.1) is 5.41 Å². The summed E-state index contributed by atoms with van der Waals surface area (Å²) < 4.78 is 5.80. The van der Waals surface area contributed by atoms with Gasteiger partial charge in [-0.25, -0.2) is 0 Å². The SMILES string of the molecule is CCOC1CC(NC(=O)c2cccc(N)c2)C12CCC2. The van der Waals surface area contributed by atoms with E-state index in [0.717, 1.165) is 13.0 Å². The Bertz CT molecular complexity index is 511. The van der Waals surface area contributed by atoms with Crippen LogP contribution in [0.5, 0.6) is 0 Å². The van der Waals surface area contributed by atoms with Gasteiger partial charge >= 0.3 is 0 Å². The molecule has 1 spiro atoms. The molecule has 0 saturated heterocycles. The molecular formula is C16H22N2O2. The minimum Gasteiger partial charge on any atom is -0.399 e. The van der Waals surface area contributed by atoms with Crippen molar-refractivity contribution in [2.24, 2.45) is 5.41 Å². The van der Waals surface area contributed by atoms with Crippen molar-refractivity contribution in [2.75, 3.05) is 12.3 Å². The van der Waals surface area contributed by atoms with Gasteiger partial charge in [-0.15, -0.1) is 0 Å². The van der Waals surface area contributed by atoms with Crippen molar-refractivity contribution in [1.82, 2.24) is 5.32 Å². The molecule has 2 aliphatic rings. The van der Waals surface area contributed by atoms with Gasteiger partial charge in [-0.05, 0) is 44.4 Å². The van der Waals surface area contributed by atoms with Gasteiger partial charge in [-0.3, -0.25) is 4.79 Å². The van der Waals surface area contributed by atoms with Crippen molar-refractivity contribution in [3.8, 4) is 0 Å². The Labute approximate surface area is 119 Å². The normalized spacial score (nSPS) is 26.6. The van der Waals surface area contributed by atoms with Crippen molar-refractivity contribution < 1.29 is 9.53 Å². The second-order valence-electron chi connectivity index (χ2n) is 5.92. The lowest BCUT2D eigenvalue weighted by Gasteiger charge is -2.61. The van der Waals surface area contributed by atoms with Gasteiger partial charge < -0.3 is 15.8 Å². The first-order valence-electron chi connectivity index (χ1n) is 7.44. The number of carbonyl (C=O) groups excluding carboxylic acids is 1. The van der Waals surface area contributed by atoms with Gasteiger partial charge in [0.2, 0.25) is 0 Å². The average molecular weight is 274 g/mol. The van der Waals surface area contributed by atoms with Gasteiger partial charge in [-0.1, -0.05) is 12.5 Å². The number of amides is 1. The van der Waals surface area contributed by atoms with Gasteiger partial charge in [0.25, 0.3) is 5.91 Å². The molecule has 2 fully saturated rings. The molecule has 20 heavy (non-hydrogen) atoms. The lowest BCUT2D eigenvalue weighted by Crippen LogP contribution is -2.67. The molecule has 1 aromatic rings. The smallest absolute Gasteiger partial charge is 0.251 e. The number of anilines is 1. The molecule has 0 aromatic heterocycles. The Kier molecular flexibility index (Phi) is 3.42. The van der Waals surface area contributed by atoms with E-state index in [2.05, 4.69) is 5.32 Å². The summed E-state index contributed by atoms with van der Waals surface area (Å²) >= 11 is 0. The molecule has 0 aliphatic heterocycles. The van der Waals surface area contributed by atoms with Gasteiger partial charge in [-0.2, -0.15) is 0 Å². The fraction of sp³-hybridized carbons (Fsp3) is 0.562. The summed E-state index contributed by atoms with van der Waals surface area (Å²) in [5, 5.41) is 3.17. The molecule has 0 radical (unpaired) electrons. The zero-order valence-corrected chi connectivity index (χ0v) is 11.9. The number of hydrogen-bond acceptors (Lipinski definition) is 3. The van der Waals surface area contributed by atoms with Gasteiger partial charge in [0.1, 0.15) is 0 Å². The summed E-state index contributed by atoms with van der Waals surface area (Å²) in [6.45, 7) is 2.79. The van der Waals surface area contributed by atoms with Crippen LogP contribution < -0.4 is 11.1 Å². The molecule has 2 aliphatic carbocycles. The highest BCUT2D eigenvalue weighted by molar-refractivity contribution is 5.95. The van der Waals surface area contributed by atoms with Crippen LogP contribution in [-0.2, 0) is 4.74 Å². The molecule has 2 atom stereocenters. The van der Waals surface area contributed by atoms with Crippen molar-refractivity contribution >= 4 is 11.6 Å². The third-order valence-corrected chi connectivity index (χ3v) is 4.89. The number of nitrogen functional groups attached to an aromatic ring is 1. The number of hydrogen-bond donors (Lipinski definition) is 2. The maximum Gasteiger partial charge on any atom is 0.251 e. The van der Waals surface area contributed by atoms with Crippen LogP contribution in [-0.4, -0.2) is 24.7 Å². The minimum absolute atomic E-state index is 0.0245. The van der Waals surface area contributed by atoms with Crippen molar-refractivity contribution in [3.63, 3.8) is 0 Å². The molecule has 3 rings (SSSR count). The van der Waals surface area contributed by atoms with E-state index in [4.69, 9.17) is 10.5 Å². The van der Waals surface area contributed by atoms with Crippen LogP contribution in [0.4, 0.5) is 5.69 Å². The Morgan fingerprint density at radius 1 is 1.50 bits per heavy atom. The number of rotatable bonds is 4. The molecule has 1 aromatic carbocycles. The molecule has 4 heteroatoms. The van der Waals surface area contributed by atoms with Gasteiger partial charge in [0.05, 0.1) is 6.10 Å². The van der Waals surface area contributed by atoms with E-state index in [9.17, 15) is 4.79 Å². The van der Waals surface area contributed by atoms with Crippen LogP contribution in [0.25, 0.3) is 0 Å². The molecule has 108 valence electrons. The van der Waals surface area contributed by atoms with Crippen molar-refractivity contribution in [3.05, 3.63) is 29.8 Å². The standard InChI is InChI=1S/C16H22N2O2/c1-2-20-14-10-13(16(14)7-4-8-16)18-15(19)11-5-3-6-12(17)9-11/h3,5-6,9,13-14H,2,4,7-8,10,17H2,1H3,(H,18,19). The van der Waals surface area contributed by atoms with Crippen molar-refractivity contribution in [2.45, 2.75) is 44.8 Å². The third kappa shape index (κ3) is 2.08. The number of benzene rings is 1. The zero-order valence-electron chi connectivity index (χ0n) is 11.9. The van der Waals surface area contributed by atoms with Crippen LogP contribution in [0.15, 0.2) is 24.3 Å². The van der Waals surface area contributed by atoms with E-state index in [1.165, 1.54) is 19.3 Å². The molecule has 2 unspecified atom stereocenters. The fourth-order valence-corrected chi connectivity index (χ4v) is 3.56. The molecule has 0 heterocycles. The Hall–Kier alpha value is -1.55. The Balaban J connectivity index is 1.65. The second-order valence-corrected chi connectivity index (χ2v) is 5.92. The minimum atomic E-state index is -0.0245. The van der Waals surface area contributed by atoms with E-state index in [1.807, 2.05) is 13.0 Å². The first-order valence-corrected chi connectivity index (χ1v) is 7.44. The van der Waals surface area contributed by atoms with E-state index in [0.29, 0.717) is 17.4 Å². The molecule has 3 N–H and O–H groups in total. The first-order chi connectivity index (χ1) is 9.65. The van der Waals surface area contributed by atoms with Crippen LogP contribution in [0.3, 0.4) is 0 Å². The number of nitrogens with one attached hydrogen (secondary N) is 1. The van der Waals surface area contributed by atoms with E-state index in [1.54, 1.807) is 18.2 Å². The predicted molar refractivity (Wildman–Crippen MR) is 78.4 cm³/mol. The predicted octanol–water partition coefficient (Wildman–Crippen LogP) is 2.35.